The van der Waals surface area contributed by atoms with E-state index in [2.05, 4.69) is 55.2 Å². The van der Waals surface area contributed by atoms with Crippen LogP contribution in [-0.2, 0) is 6.42 Å². The van der Waals surface area contributed by atoms with Crippen molar-refractivity contribution in [2.24, 2.45) is 11.0 Å². The molecule has 0 saturated heterocycles. The molecule has 1 aliphatic rings. The van der Waals surface area contributed by atoms with Crippen molar-refractivity contribution < 1.29 is 0 Å². The maximum atomic E-state index is 4.40. The smallest absolute Gasteiger partial charge is 0.0711 e. The number of rotatable bonds is 3. The molecule has 1 aromatic rings. The molecule has 90 valence electrons. The van der Waals surface area contributed by atoms with E-state index in [4.69, 9.17) is 0 Å². The molecule has 1 N–H and O–H groups in total. The molecule has 0 radical (unpaired) electrons. The lowest BCUT2D eigenvalue weighted by molar-refractivity contribution is 0.653. The molecule has 0 aromatic heterocycles. The molecule has 0 fully saturated rings. The molecule has 0 unspecified atom stereocenters. The number of nitrogens with one attached hydrogen (secondary N) is 1. The van der Waals surface area contributed by atoms with Gasteiger partial charge in [0.25, 0.3) is 0 Å². The molecule has 17 heavy (non-hydrogen) atoms. The third-order valence-corrected chi connectivity index (χ3v) is 3.14. The topological polar surface area (TPSA) is 24.4 Å². The number of hydrogen-bond donors (Lipinski definition) is 1. The summed E-state index contributed by atoms with van der Waals surface area (Å²) in [6.45, 7) is 8.32. The fourth-order valence-electron chi connectivity index (χ4n) is 2.24. The molecule has 1 heterocycles. The van der Waals surface area contributed by atoms with Crippen molar-refractivity contribution in [3.05, 3.63) is 47.7 Å². The fourth-order valence-corrected chi connectivity index (χ4v) is 2.24. The zero-order chi connectivity index (χ0) is 12.3. The Balaban J connectivity index is 2.19. The average Bonchev–Trinajstić information content (AvgIpc) is 2.31. The summed E-state index contributed by atoms with van der Waals surface area (Å²) in [6, 6.07) is 8.77. The van der Waals surface area contributed by atoms with Crippen molar-refractivity contribution in [2.45, 2.75) is 33.1 Å². The van der Waals surface area contributed by atoms with Crippen molar-refractivity contribution in [2.75, 3.05) is 0 Å². The Hall–Kier alpha value is -1.57. The largest absolute Gasteiger partial charge is 0.283 e. The van der Waals surface area contributed by atoms with Crippen LogP contribution in [0.1, 0.15) is 37.8 Å². The minimum Gasteiger partial charge on any atom is -0.283 e. The summed E-state index contributed by atoms with van der Waals surface area (Å²) in [5.41, 5.74) is 7.76. The summed E-state index contributed by atoms with van der Waals surface area (Å²) in [6.07, 6.45) is 3.31. The first-order valence-electron chi connectivity index (χ1n) is 6.31. The van der Waals surface area contributed by atoms with Gasteiger partial charge in [-0.1, -0.05) is 51.1 Å². The quantitative estimate of drug-likeness (QED) is 0.841. The first-order chi connectivity index (χ1) is 8.20. The highest BCUT2D eigenvalue weighted by Crippen LogP contribution is 2.20. The zero-order valence-corrected chi connectivity index (χ0v) is 10.7. The van der Waals surface area contributed by atoms with Gasteiger partial charge >= 0.3 is 0 Å². The standard InChI is InChI=1S/C15H20N2/c1-4-5-13-6-8-14(9-7-13)15-11(2)10-12(3)16-17-15/h6-9,11,16H,3-5,10H2,1-2H3/t11-/m1/s1. The van der Waals surface area contributed by atoms with E-state index >= 15 is 0 Å². The van der Waals surface area contributed by atoms with Crippen LogP contribution in [0.2, 0.25) is 0 Å². The number of allylic oxidation sites excluding steroid dienone is 1. The predicted octanol–water partition coefficient (Wildman–Crippen LogP) is 3.49. The molecule has 1 atom stereocenters. The minimum absolute atomic E-state index is 0.445. The van der Waals surface area contributed by atoms with Crippen LogP contribution in [0.25, 0.3) is 0 Å². The summed E-state index contributed by atoms with van der Waals surface area (Å²) in [5.74, 6) is 0.445. The molecule has 0 bridgehead atoms. The van der Waals surface area contributed by atoms with Crippen LogP contribution in [0, 0.1) is 5.92 Å². The van der Waals surface area contributed by atoms with E-state index in [-0.39, 0.29) is 0 Å². The molecule has 0 spiro atoms. The van der Waals surface area contributed by atoms with Crippen LogP contribution in [-0.4, -0.2) is 5.71 Å². The summed E-state index contributed by atoms with van der Waals surface area (Å²) in [7, 11) is 0. The van der Waals surface area contributed by atoms with E-state index in [0.717, 1.165) is 24.3 Å². The number of nitrogens with zero attached hydrogens (tertiary/aromatic N) is 1. The Kier molecular flexibility index (Phi) is 3.62. The fraction of sp³-hybridized carbons (Fsp3) is 0.400. The first-order valence-corrected chi connectivity index (χ1v) is 6.31. The summed E-state index contributed by atoms with van der Waals surface area (Å²) >= 11 is 0. The highest BCUT2D eigenvalue weighted by Gasteiger charge is 2.18. The summed E-state index contributed by atoms with van der Waals surface area (Å²) in [5, 5.41) is 4.40. The Morgan fingerprint density at radius 1 is 1.35 bits per heavy atom. The van der Waals surface area contributed by atoms with Gasteiger partial charge in [0.1, 0.15) is 0 Å². The monoisotopic (exact) mass is 228 g/mol. The van der Waals surface area contributed by atoms with Gasteiger partial charge in [-0.3, -0.25) is 5.43 Å². The molecule has 2 nitrogen and oxygen atoms in total. The average molecular weight is 228 g/mol. The third-order valence-electron chi connectivity index (χ3n) is 3.14. The Bertz CT molecular complexity index is 429. The molecular formula is C15H20N2. The van der Waals surface area contributed by atoms with Gasteiger partial charge in [-0.25, -0.2) is 0 Å². The number of benzene rings is 1. The lowest BCUT2D eigenvalue weighted by Gasteiger charge is -2.22. The van der Waals surface area contributed by atoms with E-state index in [1.54, 1.807) is 0 Å². The van der Waals surface area contributed by atoms with E-state index in [0.29, 0.717) is 5.92 Å². The van der Waals surface area contributed by atoms with E-state index in [9.17, 15) is 0 Å². The SMILES string of the molecule is C=C1C[C@@H](C)C(c2ccc(CCC)cc2)=NN1. The van der Waals surface area contributed by atoms with Gasteiger partial charge in [0.15, 0.2) is 0 Å². The molecule has 0 aliphatic carbocycles. The molecule has 1 aromatic carbocycles. The molecule has 0 amide bonds. The van der Waals surface area contributed by atoms with Gasteiger partial charge in [-0.2, -0.15) is 5.10 Å². The molecule has 0 saturated carbocycles. The van der Waals surface area contributed by atoms with Crippen molar-refractivity contribution in [3.8, 4) is 0 Å². The van der Waals surface area contributed by atoms with E-state index in [1.165, 1.54) is 17.5 Å². The Labute approximate surface area is 103 Å². The summed E-state index contributed by atoms with van der Waals surface area (Å²) < 4.78 is 0. The van der Waals surface area contributed by atoms with Crippen molar-refractivity contribution in [3.63, 3.8) is 0 Å². The Morgan fingerprint density at radius 2 is 2.06 bits per heavy atom. The van der Waals surface area contributed by atoms with Crippen molar-refractivity contribution in [1.29, 1.82) is 0 Å². The molecular weight excluding hydrogens is 208 g/mol. The lowest BCUT2D eigenvalue weighted by atomic mass is 9.92. The van der Waals surface area contributed by atoms with Crippen molar-refractivity contribution >= 4 is 5.71 Å². The van der Waals surface area contributed by atoms with Gasteiger partial charge in [-0.15, -0.1) is 0 Å². The minimum atomic E-state index is 0.445. The van der Waals surface area contributed by atoms with Crippen LogP contribution >= 0.6 is 0 Å². The third kappa shape index (κ3) is 2.76. The highest BCUT2D eigenvalue weighted by atomic mass is 15.3. The van der Waals surface area contributed by atoms with E-state index < -0.39 is 0 Å². The van der Waals surface area contributed by atoms with Gasteiger partial charge in [-0.05, 0) is 24.0 Å². The second-order valence-electron chi connectivity index (χ2n) is 4.76. The van der Waals surface area contributed by atoms with Crippen LogP contribution in [0.3, 0.4) is 0 Å². The normalized spacial score (nSPS) is 19.8. The number of aryl methyl sites for hydroxylation is 1. The molecule has 2 rings (SSSR count). The zero-order valence-electron chi connectivity index (χ0n) is 10.7. The predicted molar refractivity (Wildman–Crippen MR) is 73.0 cm³/mol. The molecule has 2 heteroatoms. The number of hydrogen-bond acceptors (Lipinski definition) is 2. The molecule has 1 aliphatic heterocycles. The second-order valence-corrected chi connectivity index (χ2v) is 4.76. The van der Waals surface area contributed by atoms with Gasteiger partial charge in [0, 0.05) is 11.6 Å². The summed E-state index contributed by atoms with van der Waals surface area (Å²) in [4.78, 5) is 0. The first kappa shape index (κ1) is 11.9. The van der Waals surface area contributed by atoms with Crippen LogP contribution < -0.4 is 5.43 Å². The highest BCUT2D eigenvalue weighted by molar-refractivity contribution is 6.02. The van der Waals surface area contributed by atoms with Crippen molar-refractivity contribution in [1.82, 2.24) is 5.43 Å². The van der Waals surface area contributed by atoms with Crippen LogP contribution in [0.15, 0.2) is 41.6 Å². The Morgan fingerprint density at radius 3 is 2.65 bits per heavy atom. The lowest BCUT2D eigenvalue weighted by Crippen LogP contribution is -2.25. The van der Waals surface area contributed by atoms with Gasteiger partial charge in [0.05, 0.1) is 5.71 Å². The van der Waals surface area contributed by atoms with Gasteiger partial charge < -0.3 is 0 Å². The maximum absolute atomic E-state index is 4.40. The second kappa shape index (κ2) is 5.17. The van der Waals surface area contributed by atoms with E-state index in [1.807, 2.05) is 0 Å². The van der Waals surface area contributed by atoms with Crippen LogP contribution in [0.5, 0.6) is 0 Å². The maximum Gasteiger partial charge on any atom is 0.0711 e. The van der Waals surface area contributed by atoms with Gasteiger partial charge in [0.2, 0.25) is 0 Å². The number of hydrazone groups is 1. The van der Waals surface area contributed by atoms with Crippen LogP contribution in [0.4, 0.5) is 0 Å².